The Balaban J connectivity index is 2.09. The molecule has 0 saturated heterocycles. The smallest absolute Gasteiger partial charge is 0.263 e. The molecule has 8 nitrogen and oxygen atoms in total. The summed E-state index contributed by atoms with van der Waals surface area (Å²) in [6.07, 6.45) is 1.55. The number of anilines is 1. The number of nitrogens with one attached hydrogen (secondary N) is 1. The van der Waals surface area contributed by atoms with E-state index in [1.54, 1.807) is 25.3 Å². The van der Waals surface area contributed by atoms with Gasteiger partial charge in [0.15, 0.2) is 17.3 Å². The predicted octanol–water partition coefficient (Wildman–Crippen LogP) is 0.461. The number of benzene rings is 1. The molecule has 4 N–H and O–H groups in total. The number of nitrogens with two attached hydrogens (primary N) is 1. The van der Waals surface area contributed by atoms with Gasteiger partial charge in [-0.15, -0.1) is 10.2 Å². The van der Waals surface area contributed by atoms with E-state index in [1.807, 2.05) is 0 Å². The van der Waals surface area contributed by atoms with Crippen molar-refractivity contribution < 1.29 is 9.84 Å². The third-order valence-corrected chi connectivity index (χ3v) is 2.45. The molecule has 0 amide bonds. The molecule has 0 fully saturated rings. The van der Waals surface area contributed by atoms with Gasteiger partial charge in [0.2, 0.25) is 0 Å². The Morgan fingerprint density at radius 2 is 2.26 bits per heavy atom. The number of methoxy groups -OCH3 is 1. The molecular weight excluding hydrogens is 248 g/mol. The minimum atomic E-state index is 0.0740. The number of phenolic OH excluding ortho intramolecular Hbond substituents is 1. The molecule has 8 heteroatoms. The highest BCUT2D eigenvalue weighted by atomic mass is 16.5. The summed E-state index contributed by atoms with van der Waals surface area (Å²) in [5, 5.41) is 21.0. The minimum Gasteiger partial charge on any atom is -0.504 e. The number of hydrogen-bond donors (Lipinski definition) is 3. The third kappa shape index (κ3) is 2.73. The Hall–Kier alpha value is -2.77. The molecule has 1 heterocycles. The number of phenols is 1. The van der Waals surface area contributed by atoms with Crippen LogP contribution >= 0.6 is 0 Å². The monoisotopic (exact) mass is 262 g/mol. The first-order chi connectivity index (χ1) is 9.11. The van der Waals surface area contributed by atoms with Gasteiger partial charge in [0, 0.05) is 0 Å². The van der Waals surface area contributed by atoms with Gasteiger partial charge >= 0.3 is 0 Å². The highest BCUT2D eigenvalue weighted by Crippen LogP contribution is 2.25. The van der Waals surface area contributed by atoms with Gasteiger partial charge < -0.3 is 15.7 Å². The molecule has 1 aromatic carbocycles. The number of rotatable bonds is 4. The fourth-order valence-corrected chi connectivity index (χ4v) is 1.38. The largest absolute Gasteiger partial charge is 0.504 e. The van der Waals surface area contributed by atoms with Gasteiger partial charge in [-0.05, 0) is 30.7 Å². The summed E-state index contributed by atoms with van der Waals surface area (Å²) in [6.45, 7) is 1.73. The number of hydrazone groups is 1. The number of aromatic hydroxyl groups is 1. The lowest BCUT2D eigenvalue weighted by Gasteiger charge is -2.03. The SMILES string of the molecule is COc1cc(/C=N\Nc2nnc(C)n2N)ccc1O. The molecule has 0 saturated carbocycles. The quantitative estimate of drug-likeness (QED) is 0.419. The van der Waals surface area contributed by atoms with Crippen molar-refractivity contribution in [3.8, 4) is 11.5 Å². The second-order valence-electron chi connectivity index (χ2n) is 3.74. The second-order valence-corrected chi connectivity index (χ2v) is 3.74. The van der Waals surface area contributed by atoms with Crippen LogP contribution < -0.4 is 16.0 Å². The number of aryl methyl sites for hydroxylation is 1. The van der Waals surface area contributed by atoms with Crippen molar-refractivity contribution >= 4 is 12.2 Å². The van der Waals surface area contributed by atoms with Crippen molar-refractivity contribution in [2.75, 3.05) is 18.4 Å². The fraction of sp³-hybridized carbons (Fsp3) is 0.182. The van der Waals surface area contributed by atoms with Gasteiger partial charge in [-0.2, -0.15) is 5.10 Å². The highest BCUT2D eigenvalue weighted by molar-refractivity contribution is 5.81. The van der Waals surface area contributed by atoms with E-state index in [1.165, 1.54) is 17.9 Å². The van der Waals surface area contributed by atoms with Crippen molar-refractivity contribution in [2.24, 2.45) is 5.10 Å². The van der Waals surface area contributed by atoms with Gasteiger partial charge in [-0.1, -0.05) is 0 Å². The molecule has 100 valence electrons. The van der Waals surface area contributed by atoms with E-state index in [2.05, 4.69) is 20.7 Å². The zero-order valence-electron chi connectivity index (χ0n) is 10.5. The summed E-state index contributed by atoms with van der Waals surface area (Å²) in [5.74, 6) is 7.01. The highest BCUT2D eigenvalue weighted by Gasteiger charge is 2.03. The van der Waals surface area contributed by atoms with Crippen LogP contribution in [-0.2, 0) is 0 Å². The lowest BCUT2D eigenvalue weighted by molar-refractivity contribution is 0.373. The summed E-state index contributed by atoms with van der Waals surface area (Å²) in [4.78, 5) is 0. The second kappa shape index (κ2) is 5.25. The van der Waals surface area contributed by atoms with Crippen LogP contribution in [0.15, 0.2) is 23.3 Å². The Bertz CT molecular complexity index is 607. The molecule has 0 radical (unpaired) electrons. The maximum Gasteiger partial charge on any atom is 0.263 e. The summed E-state index contributed by atoms with van der Waals surface area (Å²) >= 11 is 0. The van der Waals surface area contributed by atoms with E-state index in [-0.39, 0.29) is 5.75 Å². The van der Waals surface area contributed by atoms with Crippen LogP contribution in [0.3, 0.4) is 0 Å². The van der Waals surface area contributed by atoms with Gasteiger partial charge in [0.1, 0.15) is 0 Å². The van der Waals surface area contributed by atoms with E-state index in [9.17, 15) is 5.11 Å². The maximum atomic E-state index is 9.45. The van der Waals surface area contributed by atoms with Crippen molar-refractivity contribution in [1.82, 2.24) is 14.9 Å². The van der Waals surface area contributed by atoms with Crippen LogP contribution in [0.1, 0.15) is 11.4 Å². The number of aromatic nitrogens is 3. The summed E-state index contributed by atoms with van der Waals surface area (Å²) in [7, 11) is 1.48. The molecule has 0 aliphatic carbocycles. The van der Waals surface area contributed by atoms with Crippen LogP contribution in [0, 0.1) is 6.92 Å². The number of ether oxygens (including phenoxy) is 1. The Morgan fingerprint density at radius 3 is 2.89 bits per heavy atom. The number of nitrogens with zero attached hydrogens (tertiary/aromatic N) is 4. The number of hydrogen-bond acceptors (Lipinski definition) is 7. The van der Waals surface area contributed by atoms with E-state index < -0.39 is 0 Å². The van der Waals surface area contributed by atoms with Crippen LogP contribution in [0.2, 0.25) is 0 Å². The van der Waals surface area contributed by atoms with Gasteiger partial charge in [0.05, 0.1) is 13.3 Å². The Labute approximate surface area is 109 Å². The zero-order valence-corrected chi connectivity index (χ0v) is 10.5. The third-order valence-electron chi connectivity index (χ3n) is 2.45. The van der Waals surface area contributed by atoms with Gasteiger partial charge in [-0.25, -0.2) is 10.1 Å². The fourth-order valence-electron chi connectivity index (χ4n) is 1.38. The van der Waals surface area contributed by atoms with Crippen LogP contribution in [0.5, 0.6) is 11.5 Å². The molecule has 2 rings (SSSR count). The van der Waals surface area contributed by atoms with Gasteiger partial charge in [0.25, 0.3) is 5.95 Å². The van der Waals surface area contributed by atoms with E-state index in [0.717, 1.165) is 5.56 Å². The maximum absolute atomic E-state index is 9.45. The number of nitrogen functional groups attached to an aromatic ring is 1. The van der Waals surface area contributed by atoms with E-state index in [0.29, 0.717) is 17.5 Å². The molecule has 19 heavy (non-hydrogen) atoms. The average molecular weight is 262 g/mol. The topological polar surface area (TPSA) is 111 Å². The molecule has 0 bridgehead atoms. The molecular formula is C11H14N6O2. The average Bonchev–Trinajstić information content (AvgIpc) is 2.72. The molecule has 0 unspecified atom stereocenters. The summed E-state index contributed by atoms with van der Waals surface area (Å²) in [5.41, 5.74) is 3.42. The minimum absolute atomic E-state index is 0.0740. The molecule has 0 atom stereocenters. The molecule has 0 aliphatic rings. The molecule has 2 aromatic rings. The Morgan fingerprint density at radius 1 is 1.47 bits per heavy atom. The standard InChI is InChI=1S/C11H14N6O2/c1-7-14-16-11(17(7)12)15-13-6-8-3-4-9(18)10(5-8)19-2/h3-6,18H,12H2,1-2H3,(H,15,16)/b13-6-. The predicted molar refractivity (Wildman–Crippen MR) is 70.8 cm³/mol. The van der Waals surface area contributed by atoms with Crippen molar-refractivity contribution in [2.45, 2.75) is 6.92 Å². The van der Waals surface area contributed by atoms with Crippen LogP contribution in [-0.4, -0.2) is 33.3 Å². The first kappa shape index (κ1) is 12.7. The van der Waals surface area contributed by atoms with Crippen molar-refractivity contribution in [3.63, 3.8) is 0 Å². The lowest BCUT2D eigenvalue weighted by Crippen LogP contribution is -2.13. The van der Waals surface area contributed by atoms with E-state index >= 15 is 0 Å². The first-order valence-corrected chi connectivity index (χ1v) is 5.45. The van der Waals surface area contributed by atoms with Crippen LogP contribution in [0.4, 0.5) is 5.95 Å². The molecule has 0 spiro atoms. The molecule has 1 aromatic heterocycles. The Kier molecular flexibility index (Phi) is 3.51. The zero-order chi connectivity index (χ0) is 13.8. The van der Waals surface area contributed by atoms with Gasteiger partial charge in [-0.3, -0.25) is 0 Å². The summed E-state index contributed by atoms with van der Waals surface area (Å²) < 4.78 is 6.28. The lowest BCUT2D eigenvalue weighted by atomic mass is 10.2. The summed E-state index contributed by atoms with van der Waals surface area (Å²) in [6, 6.07) is 4.87. The van der Waals surface area contributed by atoms with E-state index in [4.69, 9.17) is 10.6 Å². The first-order valence-electron chi connectivity index (χ1n) is 5.45. The van der Waals surface area contributed by atoms with Crippen molar-refractivity contribution in [1.29, 1.82) is 0 Å². The van der Waals surface area contributed by atoms with Crippen LogP contribution in [0.25, 0.3) is 0 Å². The molecule has 0 aliphatic heterocycles. The van der Waals surface area contributed by atoms with Crippen molar-refractivity contribution in [3.05, 3.63) is 29.6 Å². The normalized spacial score (nSPS) is 10.8.